The molecule has 0 bridgehead atoms. The average Bonchev–Trinajstić information content (AvgIpc) is 3.08. The summed E-state index contributed by atoms with van der Waals surface area (Å²) in [7, 11) is 0. The van der Waals surface area contributed by atoms with Gasteiger partial charge in [-0.3, -0.25) is 24.6 Å². The molecule has 2 amide bonds. The predicted molar refractivity (Wildman–Crippen MR) is 106 cm³/mol. The van der Waals surface area contributed by atoms with Crippen molar-refractivity contribution in [2.75, 3.05) is 0 Å². The van der Waals surface area contributed by atoms with Gasteiger partial charge in [-0.1, -0.05) is 43.5 Å². The molecule has 2 aliphatic heterocycles. The van der Waals surface area contributed by atoms with Gasteiger partial charge in [0.1, 0.15) is 5.54 Å². The third-order valence-corrected chi connectivity index (χ3v) is 6.11. The fourth-order valence-corrected chi connectivity index (χ4v) is 4.74. The van der Waals surface area contributed by atoms with Crippen molar-refractivity contribution >= 4 is 29.4 Å². The number of benzene rings is 1. The molecule has 4 atom stereocenters. The summed E-state index contributed by atoms with van der Waals surface area (Å²) in [6.07, 6.45) is 1.73. The molecular weight excluding hydrogens is 380 g/mol. The van der Waals surface area contributed by atoms with Crippen LogP contribution in [0.5, 0.6) is 0 Å². The van der Waals surface area contributed by atoms with Crippen molar-refractivity contribution in [2.24, 2.45) is 11.8 Å². The smallest absolute Gasteiger partial charge is 0.324 e. The quantitative estimate of drug-likeness (QED) is 0.732. The maximum absolute atomic E-state index is 13.3. The molecule has 152 valence electrons. The summed E-state index contributed by atoms with van der Waals surface area (Å²) in [4.78, 5) is 40.4. The second kappa shape index (κ2) is 7.16. The van der Waals surface area contributed by atoms with Crippen molar-refractivity contribution in [1.29, 1.82) is 0 Å². The Morgan fingerprint density at radius 1 is 1.21 bits per heavy atom. The molecule has 0 spiro atoms. The van der Waals surface area contributed by atoms with E-state index in [1.165, 1.54) is 4.90 Å². The number of aliphatic carboxylic acids is 1. The van der Waals surface area contributed by atoms with Crippen LogP contribution in [0.15, 0.2) is 24.3 Å². The van der Waals surface area contributed by atoms with E-state index < -0.39 is 40.8 Å². The Labute approximate surface area is 170 Å². The molecule has 6 nitrogen and oxygen atoms in total. The monoisotopic (exact) mass is 406 g/mol. The lowest BCUT2D eigenvalue weighted by molar-refractivity contribution is -0.154. The minimum absolute atomic E-state index is 0.293. The number of halogens is 1. The largest absolute Gasteiger partial charge is 0.480 e. The Bertz CT molecular complexity index is 802. The molecule has 0 saturated carbocycles. The molecular formula is C21H27ClN2O4. The molecule has 0 aliphatic carbocycles. The molecule has 2 N–H and O–H groups in total. The van der Waals surface area contributed by atoms with E-state index in [1.54, 1.807) is 45.0 Å². The Hall–Kier alpha value is -1.92. The van der Waals surface area contributed by atoms with Crippen molar-refractivity contribution < 1.29 is 19.5 Å². The third kappa shape index (κ3) is 3.12. The summed E-state index contributed by atoms with van der Waals surface area (Å²) in [5.74, 6) is -3.46. The Morgan fingerprint density at radius 3 is 2.32 bits per heavy atom. The third-order valence-electron chi connectivity index (χ3n) is 5.86. The maximum Gasteiger partial charge on any atom is 0.324 e. The van der Waals surface area contributed by atoms with E-state index in [4.69, 9.17) is 11.6 Å². The summed E-state index contributed by atoms with van der Waals surface area (Å²) in [5, 5.41) is 13.9. The van der Waals surface area contributed by atoms with Crippen molar-refractivity contribution in [3.8, 4) is 0 Å². The highest BCUT2D eigenvalue weighted by Crippen LogP contribution is 2.51. The van der Waals surface area contributed by atoms with E-state index in [9.17, 15) is 19.5 Å². The van der Waals surface area contributed by atoms with Crippen LogP contribution >= 0.6 is 11.6 Å². The van der Waals surface area contributed by atoms with Crippen LogP contribution in [0.1, 0.15) is 58.6 Å². The number of hydrogen-bond acceptors (Lipinski definition) is 4. The van der Waals surface area contributed by atoms with Crippen molar-refractivity contribution in [1.82, 2.24) is 10.2 Å². The minimum Gasteiger partial charge on any atom is -0.480 e. The Balaban J connectivity index is 2.14. The van der Waals surface area contributed by atoms with Gasteiger partial charge in [0.15, 0.2) is 0 Å². The number of carbonyl (C=O) groups is 3. The highest BCUT2D eigenvalue weighted by atomic mass is 35.5. The SMILES string of the molecule is CCCCC1(C(=O)O)NC(c2ccc(Cl)cc2)C2C(=O)N(C(C)(C)C)C(=O)C21. The highest BCUT2D eigenvalue weighted by Gasteiger charge is 2.69. The fourth-order valence-electron chi connectivity index (χ4n) is 4.61. The first-order valence-electron chi connectivity index (χ1n) is 9.69. The van der Waals surface area contributed by atoms with Gasteiger partial charge in [-0.15, -0.1) is 0 Å². The van der Waals surface area contributed by atoms with E-state index in [0.29, 0.717) is 17.9 Å². The number of carbonyl (C=O) groups excluding carboxylic acids is 2. The molecule has 2 heterocycles. The number of rotatable bonds is 5. The molecule has 0 aromatic heterocycles. The number of likely N-dealkylation sites (tertiary alicyclic amines) is 1. The van der Waals surface area contributed by atoms with Gasteiger partial charge in [-0.2, -0.15) is 0 Å². The van der Waals surface area contributed by atoms with Crippen LogP contribution in [0.3, 0.4) is 0 Å². The number of carboxylic acid groups (broad SMARTS) is 1. The van der Waals surface area contributed by atoms with Gasteiger partial charge in [0, 0.05) is 16.6 Å². The zero-order chi connectivity index (χ0) is 20.9. The molecule has 4 unspecified atom stereocenters. The van der Waals surface area contributed by atoms with E-state index >= 15 is 0 Å². The van der Waals surface area contributed by atoms with E-state index in [2.05, 4.69) is 5.32 Å². The molecule has 0 radical (unpaired) electrons. The van der Waals surface area contributed by atoms with Crippen LogP contribution < -0.4 is 5.32 Å². The highest BCUT2D eigenvalue weighted by molar-refractivity contribution is 6.30. The van der Waals surface area contributed by atoms with Gasteiger partial charge < -0.3 is 5.11 Å². The number of nitrogens with zero attached hydrogens (tertiary/aromatic N) is 1. The van der Waals surface area contributed by atoms with Crippen LogP contribution in [-0.2, 0) is 14.4 Å². The van der Waals surface area contributed by atoms with Crippen molar-refractivity contribution in [2.45, 2.75) is 64.1 Å². The topological polar surface area (TPSA) is 86.7 Å². The van der Waals surface area contributed by atoms with E-state index in [-0.39, 0.29) is 5.91 Å². The molecule has 2 fully saturated rings. The van der Waals surface area contributed by atoms with Crippen LogP contribution in [-0.4, -0.2) is 38.9 Å². The second-order valence-corrected chi connectivity index (χ2v) is 9.18. The number of imide groups is 1. The lowest BCUT2D eigenvalue weighted by atomic mass is 9.76. The van der Waals surface area contributed by atoms with E-state index in [1.807, 2.05) is 6.92 Å². The number of hydrogen-bond donors (Lipinski definition) is 2. The minimum atomic E-state index is -1.46. The van der Waals surface area contributed by atoms with Gasteiger partial charge in [0.2, 0.25) is 11.8 Å². The number of fused-ring (bicyclic) bond motifs is 1. The van der Waals surface area contributed by atoms with Crippen LogP contribution in [0.4, 0.5) is 0 Å². The van der Waals surface area contributed by atoms with Gasteiger partial charge in [0.25, 0.3) is 0 Å². The van der Waals surface area contributed by atoms with Gasteiger partial charge in [0.05, 0.1) is 11.8 Å². The number of carboxylic acids is 1. The van der Waals surface area contributed by atoms with Crippen molar-refractivity contribution in [3.05, 3.63) is 34.9 Å². The molecule has 2 saturated heterocycles. The maximum atomic E-state index is 13.3. The predicted octanol–water partition coefficient (Wildman–Crippen LogP) is 3.40. The summed E-state index contributed by atoms with van der Waals surface area (Å²) in [6, 6.07) is 6.43. The second-order valence-electron chi connectivity index (χ2n) is 8.74. The standard InChI is InChI=1S/C21H27ClN2O4/c1-5-6-11-21(19(27)28)15-14(17(25)24(18(15)26)20(2,3)4)16(23-21)12-7-9-13(22)10-8-12/h7-10,14-16,23H,5-6,11H2,1-4H3,(H,27,28). The number of nitrogens with one attached hydrogen (secondary N) is 1. The average molecular weight is 407 g/mol. The van der Waals surface area contributed by atoms with Gasteiger partial charge in [-0.25, -0.2) is 0 Å². The van der Waals surface area contributed by atoms with Gasteiger partial charge in [-0.05, 0) is 44.9 Å². The molecule has 2 aliphatic rings. The zero-order valence-electron chi connectivity index (χ0n) is 16.7. The summed E-state index contributed by atoms with van der Waals surface area (Å²) in [5.41, 5.74) is -1.41. The van der Waals surface area contributed by atoms with Crippen LogP contribution in [0, 0.1) is 11.8 Å². The molecule has 1 aromatic rings. The Morgan fingerprint density at radius 2 is 1.82 bits per heavy atom. The molecule has 28 heavy (non-hydrogen) atoms. The zero-order valence-corrected chi connectivity index (χ0v) is 17.4. The first-order chi connectivity index (χ1) is 13.0. The summed E-state index contributed by atoms with van der Waals surface area (Å²) in [6.45, 7) is 7.36. The fraction of sp³-hybridized carbons (Fsp3) is 0.571. The molecule has 3 rings (SSSR count). The molecule has 7 heteroatoms. The number of amides is 2. The first kappa shape index (κ1) is 20.8. The lowest BCUT2D eigenvalue weighted by Crippen LogP contribution is -2.57. The normalized spacial score (nSPS) is 30.0. The lowest BCUT2D eigenvalue weighted by Gasteiger charge is -2.35. The summed E-state index contributed by atoms with van der Waals surface area (Å²) < 4.78 is 0. The first-order valence-corrected chi connectivity index (χ1v) is 10.1. The number of unbranched alkanes of at least 4 members (excludes halogenated alkanes) is 1. The summed E-state index contributed by atoms with van der Waals surface area (Å²) >= 11 is 6.00. The molecule has 1 aromatic carbocycles. The van der Waals surface area contributed by atoms with Crippen molar-refractivity contribution in [3.63, 3.8) is 0 Å². The van der Waals surface area contributed by atoms with Crippen LogP contribution in [0.25, 0.3) is 0 Å². The Kier molecular flexibility index (Phi) is 5.32. The van der Waals surface area contributed by atoms with E-state index in [0.717, 1.165) is 12.0 Å². The van der Waals surface area contributed by atoms with Gasteiger partial charge >= 0.3 is 5.97 Å². The van der Waals surface area contributed by atoms with Crippen LogP contribution in [0.2, 0.25) is 5.02 Å².